The molecule has 4 rings (SSSR count). The normalized spacial score (nSPS) is 20.3. The second-order valence-electron chi connectivity index (χ2n) is 6.04. The van der Waals surface area contributed by atoms with Crippen molar-refractivity contribution in [1.82, 2.24) is 14.5 Å². The van der Waals surface area contributed by atoms with Gasteiger partial charge in [0.1, 0.15) is 30.1 Å². The standard InChI is InChI=1S/C17H16F2N4O2.CH4O/c18-11-2-1-9(7-12(11)19)15(24)13-3-4-14(25-13)23-6-5-10-16(20)21-8-22-17(10)23;1-2/h1-2,5-8,13-15,24H,3-4H2,(H2,20,21,22);2H,1H3. The molecule has 0 spiro atoms. The van der Waals surface area contributed by atoms with E-state index in [-0.39, 0.29) is 11.8 Å². The van der Waals surface area contributed by atoms with Crippen molar-refractivity contribution in [3.05, 3.63) is 54.0 Å². The second kappa shape index (κ2) is 7.95. The minimum absolute atomic E-state index is 0.286. The van der Waals surface area contributed by atoms with Gasteiger partial charge in [-0.25, -0.2) is 18.7 Å². The Morgan fingerprint density at radius 3 is 2.70 bits per heavy atom. The van der Waals surface area contributed by atoms with Gasteiger partial charge in [-0.15, -0.1) is 0 Å². The summed E-state index contributed by atoms with van der Waals surface area (Å²) in [6, 6.07) is 5.17. The van der Waals surface area contributed by atoms with Gasteiger partial charge in [-0.2, -0.15) is 0 Å². The van der Waals surface area contributed by atoms with Gasteiger partial charge in [0, 0.05) is 13.3 Å². The molecule has 7 nitrogen and oxygen atoms in total. The number of nitrogens with zero attached hydrogens (tertiary/aromatic N) is 3. The third-order valence-electron chi connectivity index (χ3n) is 4.52. The molecule has 3 atom stereocenters. The lowest BCUT2D eigenvalue weighted by Crippen LogP contribution is -2.19. The van der Waals surface area contributed by atoms with E-state index < -0.39 is 23.8 Å². The molecule has 1 aliphatic rings. The third kappa shape index (κ3) is 3.61. The molecule has 9 heteroatoms. The van der Waals surface area contributed by atoms with Gasteiger partial charge < -0.3 is 25.3 Å². The molecule has 0 amide bonds. The van der Waals surface area contributed by atoms with Crippen molar-refractivity contribution in [1.29, 1.82) is 0 Å². The molecule has 4 N–H and O–H groups in total. The predicted molar refractivity (Wildman–Crippen MR) is 94.5 cm³/mol. The average Bonchev–Trinajstić information content (AvgIpc) is 3.32. The van der Waals surface area contributed by atoms with Crippen LogP contribution in [0.2, 0.25) is 0 Å². The van der Waals surface area contributed by atoms with Crippen LogP contribution in [-0.2, 0) is 4.74 Å². The number of fused-ring (bicyclic) bond motifs is 1. The molecule has 3 aromatic rings. The Bertz CT molecular complexity index is 934. The molecular formula is C18H20F2N4O3. The van der Waals surface area contributed by atoms with E-state index in [0.29, 0.717) is 24.3 Å². The molecule has 1 aliphatic heterocycles. The highest BCUT2D eigenvalue weighted by molar-refractivity contribution is 5.86. The molecule has 0 radical (unpaired) electrons. The number of nitrogens with two attached hydrogens (primary N) is 1. The molecule has 2 aromatic heterocycles. The highest BCUT2D eigenvalue weighted by atomic mass is 19.2. The Hall–Kier alpha value is -2.62. The first-order valence-electron chi connectivity index (χ1n) is 8.35. The molecule has 1 fully saturated rings. The average molecular weight is 378 g/mol. The van der Waals surface area contributed by atoms with Gasteiger partial charge in [-0.05, 0) is 36.6 Å². The Balaban J connectivity index is 0.00000102. The summed E-state index contributed by atoms with van der Waals surface area (Å²) in [6.45, 7) is 0. The molecule has 3 heterocycles. The summed E-state index contributed by atoms with van der Waals surface area (Å²) in [5, 5.41) is 18.2. The Labute approximate surface area is 154 Å². The van der Waals surface area contributed by atoms with E-state index in [1.165, 1.54) is 12.4 Å². The number of halogens is 2. The van der Waals surface area contributed by atoms with Crippen LogP contribution < -0.4 is 5.73 Å². The van der Waals surface area contributed by atoms with Gasteiger partial charge in [0.25, 0.3) is 0 Å². The van der Waals surface area contributed by atoms with E-state index in [4.69, 9.17) is 15.6 Å². The van der Waals surface area contributed by atoms with Gasteiger partial charge in [0.05, 0.1) is 11.5 Å². The molecule has 0 bridgehead atoms. The summed E-state index contributed by atoms with van der Waals surface area (Å²) in [6.07, 6.45) is 2.54. The molecule has 1 aromatic carbocycles. The summed E-state index contributed by atoms with van der Waals surface area (Å²) in [7, 11) is 1.00. The Morgan fingerprint density at radius 1 is 1.19 bits per heavy atom. The molecule has 0 saturated carbocycles. The maximum Gasteiger partial charge on any atom is 0.159 e. The van der Waals surface area contributed by atoms with Crippen LogP contribution in [0.25, 0.3) is 11.0 Å². The first-order chi connectivity index (χ1) is 13.0. The number of aromatic nitrogens is 3. The number of benzene rings is 1. The van der Waals surface area contributed by atoms with Crippen molar-refractivity contribution in [3.63, 3.8) is 0 Å². The highest BCUT2D eigenvalue weighted by Crippen LogP contribution is 2.37. The largest absolute Gasteiger partial charge is 0.400 e. The Kier molecular flexibility index (Phi) is 5.64. The lowest BCUT2D eigenvalue weighted by Gasteiger charge is -2.20. The van der Waals surface area contributed by atoms with Crippen molar-refractivity contribution in [2.75, 3.05) is 12.8 Å². The topological polar surface area (TPSA) is 106 Å². The summed E-state index contributed by atoms with van der Waals surface area (Å²) < 4.78 is 34.2. The van der Waals surface area contributed by atoms with Crippen LogP contribution in [0.5, 0.6) is 0 Å². The second-order valence-corrected chi connectivity index (χ2v) is 6.04. The van der Waals surface area contributed by atoms with Gasteiger partial charge in [0.2, 0.25) is 0 Å². The Morgan fingerprint density at radius 2 is 1.96 bits per heavy atom. The number of anilines is 1. The number of hydrogen-bond donors (Lipinski definition) is 3. The quantitative estimate of drug-likeness (QED) is 0.646. The van der Waals surface area contributed by atoms with Crippen molar-refractivity contribution in [3.8, 4) is 0 Å². The monoisotopic (exact) mass is 378 g/mol. The minimum atomic E-state index is -1.04. The maximum absolute atomic E-state index is 13.4. The van der Waals surface area contributed by atoms with Crippen molar-refractivity contribution < 1.29 is 23.7 Å². The van der Waals surface area contributed by atoms with E-state index >= 15 is 0 Å². The number of nitrogen functional groups attached to an aromatic ring is 1. The SMILES string of the molecule is CO.Nc1ncnc2c1ccn2C1CCC(C(O)c2ccc(F)c(F)c2)O1. The molecule has 0 aliphatic carbocycles. The van der Waals surface area contributed by atoms with Crippen molar-refractivity contribution >= 4 is 16.9 Å². The van der Waals surface area contributed by atoms with Gasteiger partial charge in [-0.1, -0.05) is 6.07 Å². The molecule has 27 heavy (non-hydrogen) atoms. The first-order valence-corrected chi connectivity index (χ1v) is 8.35. The summed E-state index contributed by atoms with van der Waals surface area (Å²) in [5.41, 5.74) is 6.77. The molecule has 144 valence electrons. The van der Waals surface area contributed by atoms with E-state index in [1.807, 2.05) is 16.8 Å². The zero-order chi connectivity index (χ0) is 19.6. The maximum atomic E-state index is 13.4. The number of aliphatic hydroxyl groups is 2. The lowest BCUT2D eigenvalue weighted by molar-refractivity contribution is -0.0591. The van der Waals surface area contributed by atoms with Crippen molar-refractivity contribution in [2.45, 2.75) is 31.3 Å². The molecule has 3 unspecified atom stereocenters. The number of aliphatic hydroxyl groups excluding tert-OH is 2. The van der Waals surface area contributed by atoms with Crippen LogP contribution in [0.3, 0.4) is 0 Å². The fourth-order valence-corrected chi connectivity index (χ4v) is 3.22. The van der Waals surface area contributed by atoms with Crippen LogP contribution in [0.1, 0.15) is 30.7 Å². The van der Waals surface area contributed by atoms with Gasteiger partial charge >= 0.3 is 0 Å². The summed E-state index contributed by atoms with van der Waals surface area (Å²) >= 11 is 0. The van der Waals surface area contributed by atoms with E-state index in [1.54, 1.807) is 0 Å². The highest BCUT2D eigenvalue weighted by Gasteiger charge is 2.33. The predicted octanol–water partition coefficient (Wildman–Crippen LogP) is 2.31. The molecular weight excluding hydrogens is 358 g/mol. The lowest BCUT2D eigenvalue weighted by atomic mass is 10.0. The fraction of sp³-hybridized carbons (Fsp3) is 0.333. The third-order valence-corrected chi connectivity index (χ3v) is 4.52. The first kappa shape index (κ1) is 19.2. The van der Waals surface area contributed by atoms with Gasteiger partial charge in [0.15, 0.2) is 11.6 Å². The smallest absolute Gasteiger partial charge is 0.159 e. The number of ether oxygens (including phenoxy) is 1. The van der Waals surface area contributed by atoms with E-state index in [9.17, 15) is 13.9 Å². The minimum Gasteiger partial charge on any atom is -0.400 e. The van der Waals surface area contributed by atoms with Crippen LogP contribution in [0.15, 0.2) is 36.8 Å². The zero-order valence-electron chi connectivity index (χ0n) is 14.6. The van der Waals surface area contributed by atoms with Crippen LogP contribution in [0, 0.1) is 11.6 Å². The molecule has 1 saturated heterocycles. The van der Waals surface area contributed by atoms with E-state index in [0.717, 1.165) is 24.6 Å². The van der Waals surface area contributed by atoms with Gasteiger partial charge in [-0.3, -0.25) is 0 Å². The number of hydrogen-bond acceptors (Lipinski definition) is 6. The summed E-state index contributed by atoms with van der Waals surface area (Å²) in [4.78, 5) is 8.19. The van der Waals surface area contributed by atoms with E-state index in [2.05, 4.69) is 9.97 Å². The van der Waals surface area contributed by atoms with Crippen molar-refractivity contribution in [2.24, 2.45) is 0 Å². The van der Waals surface area contributed by atoms with Crippen LogP contribution in [-0.4, -0.2) is 38.0 Å². The fourth-order valence-electron chi connectivity index (χ4n) is 3.22. The van der Waals surface area contributed by atoms with Crippen LogP contribution >= 0.6 is 0 Å². The zero-order valence-corrected chi connectivity index (χ0v) is 14.6. The number of rotatable bonds is 3. The summed E-state index contributed by atoms with van der Waals surface area (Å²) in [5.74, 6) is -1.55. The van der Waals surface area contributed by atoms with Crippen LogP contribution in [0.4, 0.5) is 14.6 Å².